The van der Waals surface area contributed by atoms with Crippen LogP contribution in [0.15, 0.2) is 54.6 Å². The third kappa shape index (κ3) is 3.39. The number of benzene rings is 3. The summed E-state index contributed by atoms with van der Waals surface area (Å²) < 4.78 is 8.11. The Morgan fingerprint density at radius 3 is 1.60 bits per heavy atom. The van der Waals surface area contributed by atoms with Crippen molar-refractivity contribution in [1.82, 2.24) is 4.57 Å². The summed E-state index contributed by atoms with van der Waals surface area (Å²) in [5.74, 6) is 0.888. The number of hydrogen-bond acceptors (Lipinski definition) is 1. The molecule has 0 unspecified atom stereocenters. The van der Waals surface area contributed by atoms with Gasteiger partial charge in [0.15, 0.2) is 0 Å². The molecule has 0 amide bonds. The molecule has 2 heteroatoms. The fourth-order valence-electron chi connectivity index (χ4n) is 4.19. The van der Waals surface area contributed by atoms with Crippen LogP contribution >= 0.6 is 0 Å². The molecule has 0 fully saturated rings. The highest BCUT2D eigenvalue weighted by molar-refractivity contribution is 6.10. The molecule has 0 saturated heterocycles. The quantitative estimate of drug-likeness (QED) is 0.337. The van der Waals surface area contributed by atoms with Gasteiger partial charge in [-0.15, -0.1) is 0 Å². The van der Waals surface area contributed by atoms with Gasteiger partial charge in [0.05, 0.1) is 23.8 Å². The lowest BCUT2D eigenvalue weighted by atomic mass is 9.85. The number of aryl methyl sites for hydroxylation is 1. The predicted octanol–water partition coefficient (Wildman–Crippen LogP) is 7.70. The van der Waals surface area contributed by atoms with E-state index in [1.165, 1.54) is 38.5 Å². The first kappa shape index (κ1) is 20.5. The minimum atomic E-state index is 0.102. The SMILES string of the molecule is COc1ccc(C)cc1-n1c2ccc(C(C)(C)C)cc2c2cc(C(C)(C)C)ccc21. The average Bonchev–Trinajstić information content (AvgIpc) is 2.99. The lowest BCUT2D eigenvalue weighted by Crippen LogP contribution is -2.10. The van der Waals surface area contributed by atoms with E-state index in [1.807, 2.05) is 0 Å². The van der Waals surface area contributed by atoms with Crippen molar-refractivity contribution in [3.63, 3.8) is 0 Å². The first-order valence-corrected chi connectivity index (χ1v) is 10.7. The Morgan fingerprint density at radius 2 is 1.17 bits per heavy atom. The van der Waals surface area contributed by atoms with Gasteiger partial charge in [-0.25, -0.2) is 0 Å². The Kier molecular flexibility index (Phi) is 4.73. The second-order valence-corrected chi connectivity index (χ2v) is 10.5. The summed E-state index contributed by atoms with van der Waals surface area (Å²) in [4.78, 5) is 0. The molecule has 1 aromatic heterocycles. The number of nitrogens with zero attached hydrogens (tertiary/aromatic N) is 1. The van der Waals surface area contributed by atoms with Crippen LogP contribution in [0.2, 0.25) is 0 Å². The van der Waals surface area contributed by atoms with Crippen molar-refractivity contribution >= 4 is 21.8 Å². The lowest BCUT2D eigenvalue weighted by Gasteiger charge is -2.19. The molecule has 0 aliphatic heterocycles. The summed E-state index contributed by atoms with van der Waals surface area (Å²) in [6.45, 7) is 15.8. The molecule has 0 aliphatic carbocycles. The fourth-order valence-corrected chi connectivity index (χ4v) is 4.19. The van der Waals surface area contributed by atoms with Gasteiger partial charge in [-0.1, -0.05) is 59.7 Å². The number of aromatic nitrogens is 1. The van der Waals surface area contributed by atoms with Crippen LogP contribution in [0, 0.1) is 6.92 Å². The van der Waals surface area contributed by atoms with E-state index in [2.05, 4.69) is 108 Å². The molecule has 0 radical (unpaired) electrons. The highest BCUT2D eigenvalue weighted by Gasteiger charge is 2.21. The maximum absolute atomic E-state index is 5.76. The van der Waals surface area contributed by atoms with Crippen molar-refractivity contribution in [1.29, 1.82) is 0 Å². The van der Waals surface area contributed by atoms with Gasteiger partial charge >= 0.3 is 0 Å². The smallest absolute Gasteiger partial charge is 0.142 e. The van der Waals surface area contributed by atoms with Crippen molar-refractivity contribution in [2.24, 2.45) is 0 Å². The molecule has 156 valence electrons. The zero-order chi connectivity index (χ0) is 21.8. The molecule has 0 spiro atoms. The molecule has 3 aromatic carbocycles. The van der Waals surface area contributed by atoms with Crippen LogP contribution in [0.4, 0.5) is 0 Å². The van der Waals surface area contributed by atoms with E-state index in [9.17, 15) is 0 Å². The monoisotopic (exact) mass is 399 g/mol. The van der Waals surface area contributed by atoms with Crippen LogP contribution in [-0.4, -0.2) is 11.7 Å². The number of rotatable bonds is 2. The molecule has 1 heterocycles. The Labute approximate surface area is 180 Å². The zero-order valence-corrected chi connectivity index (χ0v) is 19.6. The van der Waals surface area contributed by atoms with Gasteiger partial charge in [-0.05, 0) is 70.8 Å². The third-order valence-corrected chi connectivity index (χ3v) is 6.07. The van der Waals surface area contributed by atoms with Crippen molar-refractivity contribution in [2.75, 3.05) is 7.11 Å². The molecule has 0 bridgehead atoms. The standard InChI is InChI=1S/C28H33NO/c1-18-9-14-26(30-8)25(15-18)29-23-12-10-19(27(2,3)4)16-21(23)22-17-20(28(5,6)7)11-13-24(22)29/h9-17H,1-8H3. The first-order chi connectivity index (χ1) is 14.0. The Balaban J connectivity index is 2.16. The van der Waals surface area contributed by atoms with E-state index in [1.54, 1.807) is 7.11 Å². The van der Waals surface area contributed by atoms with Crippen LogP contribution in [-0.2, 0) is 10.8 Å². The maximum Gasteiger partial charge on any atom is 0.142 e. The highest BCUT2D eigenvalue weighted by Crippen LogP contribution is 2.39. The van der Waals surface area contributed by atoms with E-state index in [0.717, 1.165) is 11.4 Å². The maximum atomic E-state index is 5.76. The van der Waals surface area contributed by atoms with E-state index >= 15 is 0 Å². The van der Waals surface area contributed by atoms with Gasteiger partial charge in [0.2, 0.25) is 0 Å². The molecule has 0 saturated carbocycles. The van der Waals surface area contributed by atoms with Gasteiger partial charge < -0.3 is 9.30 Å². The van der Waals surface area contributed by atoms with Gasteiger partial charge in [-0.3, -0.25) is 0 Å². The number of methoxy groups -OCH3 is 1. The average molecular weight is 400 g/mol. The van der Waals surface area contributed by atoms with Gasteiger partial charge in [-0.2, -0.15) is 0 Å². The molecular weight excluding hydrogens is 366 g/mol. The molecule has 2 nitrogen and oxygen atoms in total. The second kappa shape index (κ2) is 6.91. The van der Waals surface area contributed by atoms with E-state index in [-0.39, 0.29) is 10.8 Å². The van der Waals surface area contributed by atoms with Crippen molar-refractivity contribution in [3.8, 4) is 11.4 Å². The lowest BCUT2D eigenvalue weighted by molar-refractivity contribution is 0.413. The summed E-state index contributed by atoms with van der Waals surface area (Å²) >= 11 is 0. The highest BCUT2D eigenvalue weighted by atomic mass is 16.5. The topological polar surface area (TPSA) is 14.2 Å². The number of fused-ring (bicyclic) bond motifs is 3. The molecule has 4 aromatic rings. The van der Waals surface area contributed by atoms with Crippen molar-refractivity contribution in [2.45, 2.75) is 59.3 Å². The van der Waals surface area contributed by atoms with Crippen LogP contribution in [0.3, 0.4) is 0 Å². The third-order valence-electron chi connectivity index (χ3n) is 6.07. The van der Waals surface area contributed by atoms with Crippen molar-refractivity contribution in [3.05, 3.63) is 71.3 Å². The van der Waals surface area contributed by atoms with E-state index in [0.29, 0.717) is 0 Å². The normalized spacial score (nSPS) is 12.7. The minimum absolute atomic E-state index is 0.102. The van der Waals surface area contributed by atoms with E-state index < -0.39 is 0 Å². The Bertz CT molecular complexity index is 1170. The molecule has 30 heavy (non-hydrogen) atoms. The van der Waals surface area contributed by atoms with Crippen LogP contribution in [0.5, 0.6) is 5.75 Å². The summed E-state index contributed by atoms with van der Waals surface area (Å²) in [7, 11) is 1.75. The largest absolute Gasteiger partial charge is 0.495 e. The summed E-state index contributed by atoms with van der Waals surface area (Å²) in [5.41, 5.74) is 7.65. The molecular formula is C28H33NO. The van der Waals surface area contributed by atoms with Crippen LogP contribution in [0.1, 0.15) is 58.2 Å². The van der Waals surface area contributed by atoms with Gasteiger partial charge in [0.1, 0.15) is 5.75 Å². The number of hydrogen-bond donors (Lipinski definition) is 0. The summed E-state index contributed by atoms with van der Waals surface area (Å²) in [6.07, 6.45) is 0. The van der Waals surface area contributed by atoms with E-state index in [4.69, 9.17) is 4.74 Å². The number of ether oxygens (including phenoxy) is 1. The molecule has 0 atom stereocenters. The molecule has 4 rings (SSSR count). The summed E-state index contributed by atoms with van der Waals surface area (Å²) in [6, 6.07) is 20.2. The minimum Gasteiger partial charge on any atom is -0.495 e. The summed E-state index contributed by atoms with van der Waals surface area (Å²) in [5, 5.41) is 2.60. The van der Waals surface area contributed by atoms with Crippen molar-refractivity contribution < 1.29 is 4.74 Å². The molecule has 0 aliphatic rings. The molecule has 0 N–H and O–H groups in total. The second-order valence-electron chi connectivity index (χ2n) is 10.5. The van der Waals surface area contributed by atoms with Crippen LogP contribution in [0.25, 0.3) is 27.5 Å². The Morgan fingerprint density at radius 1 is 0.667 bits per heavy atom. The first-order valence-electron chi connectivity index (χ1n) is 10.7. The van der Waals surface area contributed by atoms with Crippen LogP contribution < -0.4 is 4.74 Å². The predicted molar refractivity (Wildman–Crippen MR) is 129 cm³/mol. The fraction of sp³-hybridized carbons (Fsp3) is 0.357. The van der Waals surface area contributed by atoms with Gasteiger partial charge in [0.25, 0.3) is 0 Å². The Hall–Kier alpha value is -2.74. The van der Waals surface area contributed by atoms with Gasteiger partial charge in [0, 0.05) is 10.8 Å². The zero-order valence-electron chi connectivity index (χ0n) is 19.6.